The summed E-state index contributed by atoms with van der Waals surface area (Å²) >= 11 is 0. The maximum Gasteiger partial charge on any atom is 0.334 e. The summed E-state index contributed by atoms with van der Waals surface area (Å²) in [6.07, 6.45) is -3.97. The van der Waals surface area contributed by atoms with E-state index in [-0.39, 0.29) is 23.4 Å². The van der Waals surface area contributed by atoms with Crippen molar-refractivity contribution in [2.45, 2.75) is 82.4 Å². The third kappa shape index (κ3) is 3.26. The van der Waals surface area contributed by atoms with E-state index in [1.165, 1.54) is 0 Å². The van der Waals surface area contributed by atoms with Gasteiger partial charge in [0.15, 0.2) is 6.29 Å². The maximum absolute atomic E-state index is 12.1. The molecule has 162 valence electrons. The van der Waals surface area contributed by atoms with Crippen molar-refractivity contribution in [2.24, 2.45) is 11.3 Å². The summed E-state index contributed by atoms with van der Waals surface area (Å²) in [7, 11) is 0. The van der Waals surface area contributed by atoms with E-state index in [0.717, 1.165) is 30.4 Å². The Hall–Kier alpha value is -1.29. The van der Waals surface area contributed by atoms with Crippen LogP contribution in [-0.4, -0.2) is 75.9 Å². The van der Waals surface area contributed by atoms with Crippen LogP contribution in [0.1, 0.15) is 39.5 Å². The van der Waals surface area contributed by atoms with Crippen LogP contribution in [0.2, 0.25) is 0 Å². The second-order valence-electron chi connectivity index (χ2n) is 9.01. The van der Waals surface area contributed by atoms with Crippen molar-refractivity contribution in [3.63, 3.8) is 0 Å². The molecule has 8 heteroatoms. The molecular weight excluding hydrogens is 380 g/mol. The van der Waals surface area contributed by atoms with Crippen molar-refractivity contribution in [1.82, 2.24) is 0 Å². The summed E-state index contributed by atoms with van der Waals surface area (Å²) in [6, 6.07) is 0. The molecular formula is C21H30O8. The van der Waals surface area contributed by atoms with Crippen molar-refractivity contribution in [3.05, 3.63) is 23.3 Å². The minimum atomic E-state index is -1.48. The van der Waals surface area contributed by atoms with E-state index in [0.29, 0.717) is 12.0 Å². The summed E-state index contributed by atoms with van der Waals surface area (Å²) in [5.41, 5.74) is 2.43. The molecule has 9 atom stereocenters. The summed E-state index contributed by atoms with van der Waals surface area (Å²) in [4.78, 5) is 12.1. The van der Waals surface area contributed by atoms with Gasteiger partial charge in [-0.15, -0.1) is 0 Å². The van der Waals surface area contributed by atoms with Gasteiger partial charge in [0, 0.05) is 11.5 Å². The minimum Gasteiger partial charge on any atom is -0.454 e. The van der Waals surface area contributed by atoms with Gasteiger partial charge in [0.1, 0.15) is 30.5 Å². The van der Waals surface area contributed by atoms with Crippen molar-refractivity contribution in [3.8, 4) is 0 Å². The SMILES string of the molecule is C=C1C(=O)O[C@@H]2C3=C(C)[C@@H](O[C@H]4O[C@H](CO)[C@@H](O)[C@H](O)[C@H]4O)CC[C@]3(C)CC[C@@H]12. The van der Waals surface area contributed by atoms with E-state index >= 15 is 0 Å². The van der Waals surface area contributed by atoms with Crippen molar-refractivity contribution >= 4 is 5.97 Å². The Morgan fingerprint density at radius 3 is 2.55 bits per heavy atom. The fourth-order valence-corrected chi connectivity index (χ4v) is 5.46. The van der Waals surface area contributed by atoms with Crippen LogP contribution in [0.5, 0.6) is 0 Å². The van der Waals surface area contributed by atoms with Gasteiger partial charge in [0.25, 0.3) is 0 Å². The summed E-state index contributed by atoms with van der Waals surface area (Å²) in [6.45, 7) is 7.52. The van der Waals surface area contributed by atoms with Crippen LogP contribution in [0.15, 0.2) is 23.3 Å². The van der Waals surface area contributed by atoms with Gasteiger partial charge in [-0.05, 0) is 49.2 Å². The molecule has 0 radical (unpaired) electrons. The second-order valence-corrected chi connectivity index (χ2v) is 9.01. The quantitative estimate of drug-likeness (QED) is 0.295. The third-order valence-electron chi connectivity index (χ3n) is 7.26. The molecule has 1 saturated carbocycles. The minimum absolute atomic E-state index is 0.0217. The molecule has 0 aromatic rings. The Bertz CT molecular complexity index is 730. The van der Waals surface area contributed by atoms with Crippen LogP contribution in [-0.2, 0) is 19.0 Å². The highest BCUT2D eigenvalue weighted by atomic mass is 16.7. The molecule has 0 spiro atoms. The van der Waals surface area contributed by atoms with Gasteiger partial charge in [0.2, 0.25) is 0 Å². The number of carbonyl (C=O) groups excluding carboxylic acids is 1. The Morgan fingerprint density at radius 2 is 1.86 bits per heavy atom. The number of hydrogen-bond donors (Lipinski definition) is 4. The van der Waals surface area contributed by atoms with E-state index < -0.39 is 43.4 Å². The molecule has 0 amide bonds. The standard InChI is InChI=1S/C21H30O8/c1-9-11-4-6-21(3)7-5-12(10(2)14(21)18(11)29-19(9)26)27-20-17(25)16(24)15(23)13(8-22)28-20/h11-13,15-18,20,22-25H,1,4-8H2,2-3H3/t11-,12-,13+,15+,16-,17+,18-,20-,21-/m0/s1. The van der Waals surface area contributed by atoms with E-state index in [1.54, 1.807) is 0 Å². The van der Waals surface area contributed by atoms with Crippen LogP contribution in [0.4, 0.5) is 0 Å². The number of esters is 1. The van der Waals surface area contributed by atoms with Crippen LogP contribution in [0, 0.1) is 11.3 Å². The normalized spacial score (nSPS) is 47.7. The number of hydrogen-bond acceptors (Lipinski definition) is 8. The molecule has 3 fully saturated rings. The Balaban J connectivity index is 1.60. The highest BCUT2D eigenvalue weighted by Crippen LogP contribution is 2.55. The van der Waals surface area contributed by atoms with Crippen LogP contribution in [0.25, 0.3) is 0 Å². The Morgan fingerprint density at radius 1 is 1.17 bits per heavy atom. The molecule has 0 aromatic carbocycles. The number of aliphatic hydroxyl groups excluding tert-OH is 4. The first-order valence-corrected chi connectivity index (χ1v) is 10.2. The first-order valence-electron chi connectivity index (χ1n) is 10.2. The molecule has 2 saturated heterocycles. The molecule has 2 aliphatic carbocycles. The number of rotatable bonds is 3. The van der Waals surface area contributed by atoms with Crippen molar-refractivity contribution in [2.75, 3.05) is 6.61 Å². The summed E-state index contributed by atoms with van der Waals surface area (Å²) in [5.74, 6) is -0.368. The molecule has 4 rings (SSSR count). The van der Waals surface area contributed by atoms with Crippen LogP contribution in [0.3, 0.4) is 0 Å². The van der Waals surface area contributed by atoms with E-state index in [2.05, 4.69) is 13.5 Å². The smallest absolute Gasteiger partial charge is 0.334 e. The van der Waals surface area contributed by atoms with Crippen molar-refractivity contribution in [1.29, 1.82) is 0 Å². The van der Waals surface area contributed by atoms with E-state index in [9.17, 15) is 25.2 Å². The highest BCUT2D eigenvalue weighted by Gasteiger charge is 2.53. The molecule has 0 bridgehead atoms. The van der Waals surface area contributed by atoms with Gasteiger partial charge in [-0.2, -0.15) is 0 Å². The number of fused-ring (bicyclic) bond motifs is 3. The lowest BCUT2D eigenvalue weighted by atomic mass is 9.59. The van der Waals surface area contributed by atoms with Gasteiger partial charge >= 0.3 is 5.97 Å². The molecule has 2 heterocycles. The Labute approximate surface area is 169 Å². The lowest BCUT2D eigenvalue weighted by Gasteiger charge is -2.48. The monoisotopic (exact) mass is 410 g/mol. The molecule has 2 aliphatic heterocycles. The predicted octanol–water partition coefficient (Wildman–Crippen LogP) is 0.180. The molecule has 0 unspecified atom stereocenters. The van der Waals surface area contributed by atoms with Gasteiger partial charge in [-0.1, -0.05) is 13.5 Å². The van der Waals surface area contributed by atoms with Gasteiger partial charge < -0.3 is 34.6 Å². The fraction of sp³-hybridized carbons (Fsp3) is 0.762. The largest absolute Gasteiger partial charge is 0.454 e. The summed E-state index contributed by atoms with van der Waals surface area (Å²) < 4.78 is 17.2. The van der Waals surface area contributed by atoms with Gasteiger partial charge in [-0.3, -0.25) is 0 Å². The lowest BCUT2D eigenvalue weighted by molar-refractivity contribution is -0.309. The second kappa shape index (κ2) is 7.44. The lowest BCUT2D eigenvalue weighted by Crippen LogP contribution is -2.60. The highest BCUT2D eigenvalue weighted by molar-refractivity contribution is 5.91. The zero-order valence-corrected chi connectivity index (χ0v) is 16.8. The molecule has 8 nitrogen and oxygen atoms in total. The first kappa shape index (κ1) is 21.0. The number of ether oxygens (including phenoxy) is 3. The zero-order chi connectivity index (χ0) is 21.1. The van der Waals surface area contributed by atoms with Crippen molar-refractivity contribution < 1.29 is 39.4 Å². The van der Waals surface area contributed by atoms with E-state index in [4.69, 9.17) is 14.2 Å². The number of carbonyl (C=O) groups is 1. The molecule has 29 heavy (non-hydrogen) atoms. The van der Waals surface area contributed by atoms with Crippen LogP contribution >= 0.6 is 0 Å². The van der Waals surface area contributed by atoms with Crippen LogP contribution < -0.4 is 0 Å². The first-order chi connectivity index (χ1) is 13.7. The summed E-state index contributed by atoms with van der Waals surface area (Å²) in [5, 5.41) is 39.7. The average Bonchev–Trinajstić information content (AvgIpc) is 2.97. The predicted molar refractivity (Wildman–Crippen MR) is 100 cm³/mol. The maximum atomic E-state index is 12.1. The molecule has 0 aromatic heterocycles. The molecule has 4 N–H and O–H groups in total. The van der Waals surface area contributed by atoms with Gasteiger partial charge in [0.05, 0.1) is 12.7 Å². The zero-order valence-electron chi connectivity index (χ0n) is 16.8. The van der Waals surface area contributed by atoms with Gasteiger partial charge in [-0.25, -0.2) is 4.79 Å². The third-order valence-corrected chi connectivity index (χ3v) is 7.26. The van der Waals surface area contributed by atoms with E-state index in [1.807, 2.05) is 6.92 Å². The topological polar surface area (TPSA) is 126 Å². The number of aliphatic hydroxyl groups is 4. The molecule has 4 aliphatic rings. The average molecular weight is 410 g/mol. The fourth-order valence-electron chi connectivity index (χ4n) is 5.46. The Kier molecular flexibility index (Phi) is 5.38.